The van der Waals surface area contributed by atoms with Crippen molar-refractivity contribution >= 4 is 22.7 Å². The summed E-state index contributed by atoms with van der Waals surface area (Å²) in [6.45, 7) is 0.721. The van der Waals surface area contributed by atoms with E-state index in [0.717, 1.165) is 18.7 Å². The number of hydrogen-bond acceptors (Lipinski definition) is 3. The summed E-state index contributed by atoms with van der Waals surface area (Å²) < 4.78 is 21.2. The fraction of sp³-hybridized carbons (Fsp3) is 0.300. The Balaban J connectivity index is 0.00000128. The molecule has 0 bridgehead atoms. The van der Waals surface area contributed by atoms with Crippen LogP contribution in [0.15, 0.2) is 29.2 Å². The Labute approximate surface area is 119 Å². The van der Waals surface area contributed by atoms with Crippen molar-refractivity contribution in [3.8, 4) is 0 Å². The predicted octanol–water partition coefficient (Wildman–Crippen LogP) is -1.94. The van der Waals surface area contributed by atoms with Crippen molar-refractivity contribution in [2.24, 2.45) is 0 Å². The van der Waals surface area contributed by atoms with Crippen molar-refractivity contribution in [3.05, 3.63) is 24.3 Å². The standard InChI is InChI=1S/C10H11NO3S.Na/c12-10-2-1-7-11(10)8-3-5-9(6-4-8)15(13)14;/h3-6H,1-2,7H2,(H,13,14);/q;+1/p-1. The van der Waals surface area contributed by atoms with Crippen LogP contribution in [0.2, 0.25) is 0 Å². The number of benzene rings is 1. The first-order valence-corrected chi connectivity index (χ1v) is 5.75. The smallest absolute Gasteiger partial charge is 0.768 e. The normalized spacial score (nSPS) is 17.1. The number of carbonyl (C=O) groups is 1. The Morgan fingerprint density at radius 1 is 1.25 bits per heavy atom. The van der Waals surface area contributed by atoms with E-state index in [1.54, 1.807) is 17.0 Å². The monoisotopic (exact) mass is 247 g/mol. The second kappa shape index (κ2) is 5.93. The molecule has 0 saturated carbocycles. The Kier molecular flexibility index (Phi) is 5.14. The van der Waals surface area contributed by atoms with Crippen LogP contribution in [0.1, 0.15) is 12.8 Å². The van der Waals surface area contributed by atoms with Gasteiger partial charge in [-0.2, -0.15) is 0 Å². The molecule has 0 aliphatic carbocycles. The predicted molar refractivity (Wildman–Crippen MR) is 55.2 cm³/mol. The molecule has 1 saturated heterocycles. The van der Waals surface area contributed by atoms with Crippen molar-refractivity contribution < 1.29 is 43.1 Å². The average molecular weight is 247 g/mol. The van der Waals surface area contributed by atoms with Gasteiger partial charge in [0.05, 0.1) is 0 Å². The summed E-state index contributed by atoms with van der Waals surface area (Å²) in [6.07, 6.45) is 1.45. The number of anilines is 1. The first-order chi connectivity index (χ1) is 7.18. The van der Waals surface area contributed by atoms with Gasteiger partial charge in [0.25, 0.3) is 0 Å². The van der Waals surface area contributed by atoms with Crippen LogP contribution in [0.3, 0.4) is 0 Å². The molecular weight excluding hydrogens is 237 g/mol. The molecule has 80 valence electrons. The van der Waals surface area contributed by atoms with Crippen molar-refractivity contribution in [2.75, 3.05) is 11.4 Å². The molecule has 1 aromatic rings. The molecule has 2 rings (SSSR count). The van der Waals surface area contributed by atoms with Gasteiger partial charge in [-0.3, -0.25) is 9.00 Å². The van der Waals surface area contributed by atoms with E-state index in [1.807, 2.05) is 0 Å². The van der Waals surface area contributed by atoms with Crippen LogP contribution in [-0.2, 0) is 15.9 Å². The van der Waals surface area contributed by atoms with E-state index in [0.29, 0.717) is 6.42 Å². The minimum Gasteiger partial charge on any atom is -0.768 e. The van der Waals surface area contributed by atoms with Gasteiger partial charge in [-0.15, -0.1) is 0 Å². The summed E-state index contributed by atoms with van der Waals surface area (Å²) in [7, 11) is 0. The maximum absolute atomic E-state index is 11.4. The van der Waals surface area contributed by atoms with E-state index in [9.17, 15) is 13.6 Å². The maximum Gasteiger partial charge on any atom is 1.00 e. The summed E-state index contributed by atoms with van der Waals surface area (Å²) in [5.41, 5.74) is 0.770. The van der Waals surface area contributed by atoms with E-state index in [1.165, 1.54) is 12.1 Å². The van der Waals surface area contributed by atoms with Gasteiger partial charge < -0.3 is 9.45 Å². The van der Waals surface area contributed by atoms with Crippen LogP contribution < -0.4 is 34.5 Å². The van der Waals surface area contributed by atoms with Crippen LogP contribution in [-0.4, -0.2) is 21.2 Å². The minimum absolute atomic E-state index is 0. The third kappa shape index (κ3) is 2.93. The zero-order valence-electron chi connectivity index (χ0n) is 9.01. The number of rotatable bonds is 2. The van der Waals surface area contributed by atoms with E-state index in [-0.39, 0.29) is 40.4 Å². The summed E-state index contributed by atoms with van der Waals surface area (Å²) >= 11 is -2.20. The van der Waals surface area contributed by atoms with E-state index in [4.69, 9.17) is 0 Å². The molecule has 0 spiro atoms. The number of nitrogens with zero attached hydrogens (tertiary/aromatic N) is 1. The van der Waals surface area contributed by atoms with E-state index < -0.39 is 11.1 Å². The Morgan fingerprint density at radius 3 is 2.31 bits per heavy atom. The summed E-state index contributed by atoms with van der Waals surface area (Å²) in [6, 6.07) is 6.33. The van der Waals surface area contributed by atoms with Gasteiger partial charge in [-0.25, -0.2) is 0 Å². The molecule has 16 heavy (non-hydrogen) atoms. The van der Waals surface area contributed by atoms with Gasteiger partial charge in [-0.05, 0) is 41.8 Å². The fourth-order valence-electron chi connectivity index (χ4n) is 1.66. The van der Waals surface area contributed by atoms with Gasteiger partial charge in [-0.1, -0.05) is 0 Å². The molecule has 1 atom stereocenters. The number of carbonyl (C=O) groups excluding carboxylic acids is 1. The van der Waals surface area contributed by atoms with Gasteiger partial charge in [0, 0.05) is 23.5 Å². The van der Waals surface area contributed by atoms with Gasteiger partial charge in [0.2, 0.25) is 5.91 Å². The molecule has 0 aromatic heterocycles. The molecule has 6 heteroatoms. The largest absolute Gasteiger partial charge is 1.00 e. The van der Waals surface area contributed by atoms with Crippen LogP contribution in [0.4, 0.5) is 5.69 Å². The first kappa shape index (κ1) is 13.9. The van der Waals surface area contributed by atoms with Crippen LogP contribution in [0.25, 0.3) is 0 Å². The maximum atomic E-state index is 11.4. The van der Waals surface area contributed by atoms with Crippen LogP contribution in [0.5, 0.6) is 0 Å². The number of amides is 1. The summed E-state index contributed by atoms with van der Waals surface area (Å²) in [5, 5.41) is 0. The second-order valence-electron chi connectivity index (χ2n) is 3.38. The summed E-state index contributed by atoms with van der Waals surface area (Å²) in [4.78, 5) is 13.3. The summed E-state index contributed by atoms with van der Waals surface area (Å²) in [5.74, 6) is 0.103. The Hall–Kier alpha value is -0.200. The molecule has 1 heterocycles. The quantitative estimate of drug-likeness (QED) is 0.451. The molecule has 1 fully saturated rings. The van der Waals surface area contributed by atoms with Crippen molar-refractivity contribution in [1.82, 2.24) is 0 Å². The molecular formula is C10H10NNaO3S. The van der Waals surface area contributed by atoms with Gasteiger partial charge in [0.1, 0.15) is 0 Å². The van der Waals surface area contributed by atoms with E-state index in [2.05, 4.69) is 0 Å². The molecule has 1 amide bonds. The second-order valence-corrected chi connectivity index (χ2v) is 4.32. The minimum atomic E-state index is -2.20. The number of hydrogen-bond donors (Lipinski definition) is 0. The molecule has 1 unspecified atom stereocenters. The van der Waals surface area contributed by atoms with Crippen molar-refractivity contribution in [3.63, 3.8) is 0 Å². The third-order valence-electron chi connectivity index (χ3n) is 2.41. The van der Waals surface area contributed by atoms with Crippen molar-refractivity contribution in [2.45, 2.75) is 17.7 Å². The molecule has 1 aliphatic heterocycles. The van der Waals surface area contributed by atoms with Crippen molar-refractivity contribution in [1.29, 1.82) is 0 Å². The van der Waals surface area contributed by atoms with E-state index >= 15 is 0 Å². The molecule has 4 nitrogen and oxygen atoms in total. The molecule has 0 N–H and O–H groups in total. The Bertz CT molecular complexity index is 407. The molecule has 0 radical (unpaired) electrons. The zero-order chi connectivity index (χ0) is 10.8. The molecule has 1 aliphatic rings. The zero-order valence-corrected chi connectivity index (χ0v) is 11.8. The first-order valence-electron chi connectivity index (χ1n) is 4.68. The van der Waals surface area contributed by atoms with Crippen LogP contribution in [0, 0.1) is 0 Å². The Morgan fingerprint density at radius 2 is 1.88 bits per heavy atom. The van der Waals surface area contributed by atoms with Gasteiger partial charge >= 0.3 is 29.6 Å². The topological polar surface area (TPSA) is 60.4 Å². The fourth-order valence-corrected chi connectivity index (χ4v) is 2.02. The van der Waals surface area contributed by atoms with Crippen LogP contribution >= 0.6 is 0 Å². The third-order valence-corrected chi connectivity index (χ3v) is 3.07. The average Bonchev–Trinajstić information content (AvgIpc) is 2.65. The van der Waals surface area contributed by atoms with Gasteiger partial charge in [0.15, 0.2) is 0 Å². The molecule has 1 aromatic carbocycles. The SMILES string of the molecule is O=C1CCCN1c1ccc(S(=O)[O-])cc1.[Na+].